The van der Waals surface area contributed by atoms with Crippen LogP contribution in [-0.4, -0.2) is 25.2 Å². The van der Waals surface area contributed by atoms with E-state index in [0.717, 1.165) is 50.3 Å². The topological polar surface area (TPSA) is 46.6 Å². The Hall–Kier alpha value is -7.50. The van der Waals surface area contributed by atoms with E-state index in [9.17, 15) is 0 Å². The van der Waals surface area contributed by atoms with Crippen LogP contribution in [-0.2, 0) is 0 Å². The van der Waals surface area contributed by atoms with Gasteiger partial charge < -0.3 is 4.57 Å². The standard InChI is InChI=1S/C51H34N5/c1-6-16-34(17-7-1)39-26-28-44-42(30-39)43-31-41(36-20-10-3-11-21-36)33-47-48(43)55(44)45-29-27-40(35-18-8-2-9-19-35)32-46(45)56(47)51-53-49(37-22-12-4-13-23-37)52-50(54-51)38-24-14-5-15-25-38/h1-33,45H/q+1. The summed E-state index contributed by atoms with van der Waals surface area (Å²) >= 11 is 0. The van der Waals surface area contributed by atoms with Crippen LogP contribution in [0.1, 0.15) is 11.6 Å². The fourth-order valence-electron chi connectivity index (χ4n) is 8.30. The molecule has 7 aromatic carbocycles. The summed E-state index contributed by atoms with van der Waals surface area (Å²) in [6, 6.07) is 63.8. The van der Waals surface area contributed by atoms with Gasteiger partial charge in [0, 0.05) is 21.9 Å². The number of fused-ring (bicyclic) bond motifs is 5. The maximum absolute atomic E-state index is 5.33. The highest BCUT2D eigenvalue weighted by atomic mass is 15.3. The van der Waals surface area contributed by atoms with Crippen molar-refractivity contribution in [2.24, 2.45) is 0 Å². The molecule has 3 heterocycles. The zero-order valence-corrected chi connectivity index (χ0v) is 30.4. The van der Waals surface area contributed by atoms with Crippen LogP contribution in [0.4, 0.5) is 11.6 Å². The van der Waals surface area contributed by atoms with E-state index in [1.165, 1.54) is 27.4 Å². The van der Waals surface area contributed by atoms with Crippen molar-refractivity contribution in [1.29, 1.82) is 0 Å². The summed E-state index contributed by atoms with van der Waals surface area (Å²) in [5, 5.41) is 2.39. The Bertz CT molecular complexity index is 2980. The second-order valence-corrected chi connectivity index (χ2v) is 14.3. The molecule has 1 unspecified atom stereocenters. The lowest BCUT2D eigenvalue weighted by Crippen LogP contribution is -2.32. The van der Waals surface area contributed by atoms with Crippen LogP contribution < -0.4 is 4.58 Å². The molecular weight excluding hydrogens is 683 g/mol. The molecule has 0 saturated carbocycles. The van der Waals surface area contributed by atoms with Crippen molar-refractivity contribution in [3.63, 3.8) is 0 Å². The summed E-state index contributed by atoms with van der Waals surface area (Å²) in [6.45, 7) is 0. The Morgan fingerprint density at radius 2 is 0.964 bits per heavy atom. The molecule has 2 aliphatic rings. The van der Waals surface area contributed by atoms with Crippen LogP contribution in [0.2, 0.25) is 0 Å². The molecule has 0 N–H and O–H groups in total. The molecule has 9 aromatic rings. The minimum absolute atomic E-state index is 0.128. The number of allylic oxidation sites excluding steroid dienone is 4. The predicted octanol–water partition coefficient (Wildman–Crippen LogP) is 12.1. The van der Waals surface area contributed by atoms with Crippen molar-refractivity contribution in [3.8, 4) is 45.0 Å². The van der Waals surface area contributed by atoms with Crippen molar-refractivity contribution in [2.45, 2.75) is 6.04 Å². The third-order valence-electron chi connectivity index (χ3n) is 10.9. The fourth-order valence-corrected chi connectivity index (χ4v) is 8.30. The number of benzene rings is 7. The van der Waals surface area contributed by atoms with Crippen LogP contribution in [0.3, 0.4) is 0 Å². The zero-order chi connectivity index (χ0) is 37.0. The normalized spacial score (nSPS) is 14.6. The molecule has 0 spiro atoms. The van der Waals surface area contributed by atoms with Gasteiger partial charge in [-0.05, 0) is 98.0 Å². The van der Waals surface area contributed by atoms with Gasteiger partial charge in [0.2, 0.25) is 11.6 Å². The van der Waals surface area contributed by atoms with Crippen LogP contribution >= 0.6 is 0 Å². The van der Waals surface area contributed by atoms with E-state index in [0.29, 0.717) is 17.6 Å². The molecule has 0 bridgehead atoms. The van der Waals surface area contributed by atoms with E-state index in [1.54, 1.807) is 0 Å². The van der Waals surface area contributed by atoms with Crippen molar-refractivity contribution >= 4 is 44.7 Å². The monoisotopic (exact) mass is 716 g/mol. The van der Waals surface area contributed by atoms with Crippen LogP contribution in [0.15, 0.2) is 200 Å². The van der Waals surface area contributed by atoms with Gasteiger partial charge in [-0.25, -0.2) is 0 Å². The smallest absolute Gasteiger partial charge is 0.323 e. The molecule has 2 aromatic heterocycles. The molecule has 5 heteroatoms. The third-order valence-corrected chi connectivity index (χ3v) is 10.9. The first-order valence-corrected chi connectivity index (χ1v) is 19.0. The summed E-state index contributed by atoms with van der Waals surface area (Å²) < 4.78 is 4.81. The first-order valence-electron chi connectivity index (χ1n) is 19.0. The minimum atomic E-state index is -0.128. The quantitative estimate of drug-likeness (QED) is 0.161. The highest BCUT2D eigenvalue weighted by Gasteiger charge is 2.37. The summed E-state index contributed by atoms with van der Waals surface area (Å²) in [7, 11) is 0. The molecule has 1 aliphatic carbocycles. The van der Waals surface area contributed by atoms with Crippen molar-refractivity contribution in [3.05, 3.63) is 206 Å². The molecule has 0 radical (unpaired) electrons. The Balaban J connectivity index is 1.27. The average Bonchev–Trinajstić information content (AvgIpc) is 3.62. The largest absolute Gasteiger partial charge is 0.442 e. The number of hydrogen-bond acceptors (Lipinski definition) is 3. The van der Waals surface area contributed by atoms with E-state index in [2.05, 4.69) is 173 Å². The highest BCUT2D eigenvalue weighted by Crippen LogP contribution is 2.47. The maximum Gasteiger partial charge on any atom is 0.442 e. The molecule has 1 aliphatic heterocycles. The average molecular weight is 717 g/mol. The molecule has 262 valence electrons. The first-order chi connectivity index (χ1) is 27.8. The molecule has 1 atom stereocenters. The molecule has 5 nitrogen and oxygen atoms in total. The number of hydrogen-bond donors (Lipinski definition) is 0. The van der Waals surface area contributed by atoms with Crippen molar-refractivity contribution in [1.82, 2.24) is 24.1 Å². The van der Waals surface area contributed by atoms with Gasteiger partial charge in [0.25, 0.3) is 0 Å². The van der Waals surface area contributed by atoms with Crippen LogP contribution in [0.5, 0.6) is 0 Å². The molecule has 0 fully saturated rings. The van der Waals surface area contributed by atoms with Gasteiger partial charge in [-0.1, -0.05) is 146 Å². The van der Waals surface area contributed by atoms with Gasteiger partial charge in [-0.15, -0.1) is 0 Å². The van der Waals surface area contributed by atoms with E-state index >= 15 is 0 Å². The summed E-state index contributed by atoms with van der Waals surface area (Å²) in [4.78, 5) is 15.7. The van der Waals surface area contributed by atoms with Gasteiger partial charge in [0.05, 0.1) is 11.0 Å². The highest BCUT2D eigenvalue weighted by molar-refractivity contribution is 6.20. The molecular formula is C51H34N5+. The predicted molar refractivity (Wildman–Crippen MR) is 230 cm³/mol. The van der Waals surface area contributed by atoms with Crippen molar-refractivity contribution < 1.29 is 0 Å². The fraction of sp³-hybridized carbons (Fsp3) is 0.0196. The summed E-state index contributed by atoms with van der Waals surface area (Å²) in [5.74, 6) is 1.82. The second kappa shape index (κ2) is 13.1. The van der Waals surface area contributed by atoms with Gasteiger partial charge in [-0.3, -0.25) is 0 Å². The second-order valence-electron chi connectivity index (χ2n) is 14.3. The lowest BCUT2D eigenvalue weighted by Gasteiger charge is -2.29. The molecule has 56 heavy (non-hydrogen) atoms. The summed E-state index contributed by atoms with van der Waals surface area (Å²) in [5.41, 5.74) is 13.2. The minimum Gasteiger partial charge on any atom is -0.323 e. The third kappa shape index (κ3) is 5.32. The van der Waals surface area contributed by atoms with E-state index in [4.69, 9.17) is 15.0 Å². The SMILES string of the molecule is C1=CC2C(=[N+](c3nc(-c4ccccc4)nc(-c4ccccc4)n3)c3cc(-c4ccccc4)cc4c5cc(-c6ccccc6)ccc5n2c34)C=C1c1ccccc1. The molecule has 0 amide bonds. The van der Waals surface area contributed by atoms with Gasteiger partial charge in [0.15, 0.2) is 0 Å². The first kappa shape index (κ1) is 32.0. The Morgan fingerprint density at radius 3 is 1.55 bits per heavy atom. The van der Waals surface area contributed by atoms with E-state index in [1.807, 2.05) is 36.4 Å². The van der Waals surface area contributed by atoms with Crippen molar-refractivity contribution in [2.75, 3.05) is 0 Å². The Kier molecular flexibility index (Phi) is 7.49. The lowest BCUT2D eigenvalue weighted by atomic mass is 9.93. The Morgan fingerprint density at radius 1 is 0.446 bits per heavy atom. The van der Waals surface area contributed by atoms with Crippen LogP contribution in [0, 0.1) is 0 Å². The zero-order valence-electron chi connectivity index (χ0n) is 30.4. The maximum atomic E-state index is 5.33. The van der Waals surface area contributed by atoms with Crippen LogP contribution in [0.25, 0.3) is 72.4 Å². The number of nitrogens with zero attached hydrogens (tertiary/aromatic N) is 5. The molecule has 11 rings (SSSR count). The summed E-state index contributed by atoms with van der Waals surface area (Å²) in [6.07, 6.45) is 6.92. The number of rotatable bonds is 6. The van der Waals surface area contributed by atoms with Gasteiger partial charge >= 0.3 is 5.95 Å². The molecule has 0 saturated heterocycles. The lowest BCUT2D eigenvalue weighted by molar-refractivity contribution is 0.769. The Labute approximate surface area is 324 Å². The van der Waals surface area contributed by atoms with Gasteiger partial charge in [0.1, 0.15) is 17.4 Å². The van der Waals surface area contributed by atoms with E-state index < -0.39 is 0 Å². The van der Waals surface area contributed by atoms with E-state index in [-0.39, 0.29) is 6.04 Å². The number of aromatic nitrogens is 4. The van der Waals surface area contributed by atoms with Gasteiger partial charge in [-0.2, -0.15) is 9.56 Å².